The molecule has 0 radical (unpaired) electrons. The molecule has 0 spiro atoms. The molecule has 0 aliphatic carbocycles. The van der Waals surface area contributed by atoms with Gasteiger partial charge in [-0.15, -0.1) is 0 Å². The molecule has 0 aromatic heterocycles. The number of aliphatic imine (C=N–C) groups is 1. The number of methoxy groups -OCH3 is 1. The van der Waals surface area contributed by atoms with E-state index < -0.39 is 35.8 Å². The van der Waals surface area contributed by atoms with E-state index in [0.717, 1.165) is 13.2 Å². The van der Waals surface area contributed by atoms with Crippen LogP contribution in [0.1, 0.15) is 24.8 Å². The number of rotatable bonds is 8. The van der Waals surface area contributed by atoms with E-state index in [-0.39, 0.29) is 40.3 Å². The van der Waals surface area contributed by atoms with E-state index in [9.17, 15) is 22.8 Å². The third-order valence-electron chi connectivity index (χ3n) is 4.51. The topological polar surface area (TPSA) is 135 Å². The minimum Gasteiger partial charge on any atom is -0.474 e. The molecule has 0 fully saturated rings. The monoisotopic (exact) mass is 512 g/mol. The van der Waals surface area contributed by atoms with Gasteiger partial charge < -0.3 is 20.5 Å². The van der Waals surface area contributed by atoms with Gasteiger partial charge in [0.25, 0.3) is 5.91 Å². The molecule has 33 heavy (non-hydrogen) atoms. The molecule has 1 aliphatic heterocycles. The van der Waals surface area contributed by atoms with Gasteiger partial charge in [0.1, 0.15) is 11.8 Å². The van der Waals surface area contributed by atoms with Crippen molar-refractivity contribution >= 4 is 47.1 Å². The fourth-order valence-corrected chi connectivity index (χ4v) is 3.55. The van der Waals surface area contributed by atoms with Gasteiger partial charge in [0.05, 0.1) is 17.7 Å². The summed E-state index contributed by atoms with van der Waals surface area (Å²) in [7, 11) is 1.08. The predicted molar refractivity (Wildman–Crippen MR) is 114 cm³/mol. The zero-order valence-corrected chi connectivity index (χ0v) is 18.7. The number of hydroxylamine groups is 1. The Balaban J connectivity index is 2.22. The highest BCUT2D eigenvalue weighted by molar-refractivity contribution is 6.36. The van der Waals surface area contributed by atoms with Crippen LogP contribution in [0.2, 0.25) is 10.0 Å². The normalized spacial score (nSPS) is 16.8. The van der Waals surface area contributed by atoms with E-state index in [1.165, 1.54) is 12.1 Å². The summed E-state index contributed by atoms with van der Waals surface area (Å²) < 4.78 is 50.6. The van der Waals surface area contributed by atoms with E-state index in [0.29, 0.717) is 12.8 Å². The second-order valence-electron chi connectivity index (χ2n) is 6.87. The highest BCUT2D eigenvalue weighted by Gasteiger charge is 2.49. The number of fused-ring (bicyclic) bond motifs is 1. The highest BCUT2D eigenvalue weighted by Crippen LogP contribution is 2.42. The summed E-state index contributed by atoms with van der Waals surface area (Å²) >= 11 is 11.8. The number of hydrogen-bond acceptors (Lipinski definition) is 6. The molecule has 5 N–H and O–H groups in total. The SMILES string of the molecule is COC(=O)[C@H](CCCCN=C(N)NO)NC(=O)C1=Cc2cc(Cl)cc(Cl)c2O[C@@H]1C(F)(F)F. The van der Waals surface area contributed by atoms with Crippen LogP contribution in [0.3, 0.4) is 0 Å². The maximum Gasteiger partial charge on any atom is 0.429 e. The molecule has 9 nitrogen and oxygen atoms in total. The summed E-state index contributed by atoms with van der Waals surface area (Å²) in [5, 5.41) is 10.8. The molecule has 14 heteroatoms. The lowest BCUT2D eigenvalue weighted by Crippen LogP contribution is -2.48. The van der Waals surface area contributed by atoms with E-state index >= 15 is 0 Å². The van der Waals surface area contributed by atoms with Crippen LogP contribution in [0, 0.1) is 0 Å². The Morgan fingerprint density at radius 2 is 2.03 bits per heavy atom. The van der Waals surface area contributed by atoms with E-state index in [1.807, 2.05) is 0 Å². The molecular weight excluding hydrogens is 492 g/mol. The van der Waals surface area contributed by atoms with Crippen molar-refractivity contribution in [1.29, 1.82) is 0 Å². The predicted octanol–water partition coefficient (Wildman–Crippen LogP) is 2.82. The van der Waals surface area contributed by atoms with Gasteiger partial charge in [-0.3, -0.25) is 15.0 Å². The third kappa shape index (κ3) is 7.14. The smallest absolute Gasteiger partial charge is 0.429 e. The number of hydrogen-bond donors (Lipinski definition) is 4. The van der Waals surface area contributed by atoms with Crippen molar-refractivity contribution in [3.05, 3.63) is 33.3 Å². The summed E-state index contributed by atoms with van der Waals surface area (Å²) in [5.74, 6) is -2.46. The first kappa shape index (κ1) is 26.6. The van der Waals surface area contributed by atoms with Crippen LogP contribution in [-0.4, -0.2) is 55.0 Å². The number of ether oxygens (including phenoxy) is 2. The van der Waals surface area contributed by atoms with Crippen molar-refractivity contribution in [3.8, 4) is 5.75 Å². The molecule has 1 aliphatic rings. The van der Waals surface area contributed by atoms with E-state index in [2.05, 4.69) is 15.0 Å². The Bertz CT molecular complexity index is 956. The second-order valence-corrected chi connectivity index (χ2v) is 7.71. The number of guanidine groups is 1. The molecule has 182 valence electrons. The zero-order chi connectivity index (χ0) is 24.8. The van der Waals surface area contributed by atoms with Crippen LogP contribution in [-0.2, 0) is 14.3 Å². The van der Waals surface area contributed by atoms with Crippen molar-refractivity contribution < 1.29 is 37.4 Å². The summed E-state index contributed by atoms with van der Waals surface area (Å²) in [6.45, 7) is 0.203. The Hall–Kier alpha value is -2.70. The Kier molecular flexibility index (Phi) is 9.20. The second kappa shape index (κ2) is 11.4. The van der Waals surface area contributed by atoms with Gasteiger partial charge in [-0.2, -0.15) is 13.2 Å². The fraction of sp³-hybridized carbons (Fsp3) is 0.421. The molecule has 0 saturated carbocycles. The number of benzene rings is 1. The molecular formula is C19H21Cl2F3N4O5. The number of unbranched alkanes of at least 4 members (excludes halogenated alkanes) is 1. The average molecular weight is 513 g/mol. The first-order valence-electron chi connectivity index (χ1n) is 9.50. The number of carbonyl (C=O) groups excluding carboxylic acids is 2. The minimum atomic E-state index is -4.94. The van der Waals surface area contributed by atoms with Crippen molar-refractivity contribution in [2.45, 2.75) is 37.6 Å². The van der Waals surface area contributed by atoms with Gasteiger partial charge in [-0.1, -0.05) is 23.2 Å². The Labute approximate surface area is 196 Å². The Morgan fingerprint density at radius 1 is 1.33 bits per heavy atom. The maximum absolute atomic E-state index is 13.6. The van der Waals surface area contributed by atoms with Crippen molar-refractivity contribution in [2.75, 3.05) is 13.7 Å². The lowest BCUT2D eigenvalue weighted by Gasteiger charge is -2.29. The van der Waals surface area contributed by atoms with Crippen LogP contribution < -0.4 is 21.3 Å². The van der Waals surface area contributed by atoms with E-state index in [4.69, 9.17) is 38.9 Å². The van der Waals surface area contributed by atoms with Gasteiger partial charge in [-0.05, 0) is 37.5 Å². The summed E-state index contributed by atoms with van der Waals surface area (Å²) in [5.41, 5.74) is 6.23. The lowest BCUT2D eigenvalue weighted by atomic mass is 9.99. The van der Waals surface area contributed by atoms with Crippen LogP contribution in [0.15, 0.2) is 22.7 Å². The van der Waals surface area contributed by atoms with Crippen LogP contribution in [0.4, 0.5) is 13.2 Å². The molecule has 1 amide bonds. The highest BCUT2D eigenvalue weighted by atomic mass is 35.5. The molecule has 2 atom stereocenters. The van der Waals surface area contributed by atoms with Crippen molar-refractivity contribution in [1.82, 2.24) is 10.8 Å². The summed E-state index contributed by atoms with van der Waals surface area (Å²) in [6, 6.07) is 1.29. The molecule has 2 rings (SSSR count). The number of amides is 1. The molecule has 1 heterocycles. The largest absolute Gasteiger partial charge is 0.474 e. The van der Waals surface area contributed by atoms with Crippen LogP contribution in [0.25, 0.3) is 6.08 Å². The van der Waals surface area contributed by atoms with Crippen LogP contribution in [0.5, 0.6) is 5.75 Å². The van der Waals surface area contributed by atoms with Gasteiger partial charge >= 0.3 is 12.1 Å². The van der Waals surface area contributed by atoms with Gasteiger partial charge in [-0.25, -0.2) is 10.3 Å². The minimum absolute atomic E-state index is 0.0550. The summed E-state index contributed by atoms with van der Waals surface area (Å²) in [6.07, 6.45) is -5.77. The number of nitrogens with one attached hydrogen (secondary N) is 2. The molecule has 0 bridgehead atoms. The van der Waals surface area contributed by atoms with Gasteiger partial charge in [0, 0.05) is 17.1 Å². The lowest BCUT2D eigenvalue weighted by molar-refractivity contribution is -0.185. The van der Waals surface area contributed by atoms with Crippen molar-refractivity contribution in [2.24, 2.45) is 10.7 Å². The number of halogens is 5. The molecule has 0 unspecified atom stereocenters. The first-order chi connectivity index (χ1) is 15.5. The van der Waals surface area contributed by atoms with Crippen molar-refractivity contribution in [3.63, 3.8) is 0 Å². The number of esters is 1. The molecule has 1 aromatic carbocycles. The van der Waals surface area contributed by atoms with E-state index in [1.54, 1.807) is 5.48 Å². The third-order valence-corrected chi connectivity index (χ3v) is 5.01. The first-order valence-corrected chi connectivity index (χ1v) is 10.3. The number of nitrogens with two attached hydrogens (primary N) is 1. The average Bonchev–Trinajstić information content (AvgIpc) is 2.75. The number of carbonyl (C=O) groups is 2. The maximum atomic E-state index is 13.6. The standard InChI is InChI=1S/C19H21Cl2F3N4O5/c1-32-17(30)13(4-2-3-5-26-18(25)28-31)27-16(29)11-7-9-6-10(20)8-12(21)14(9)33-15(11)19(22,23)24/h6-8,13,15,31H,2-5H2,1H3,(H,27,29)(H3,25,26,28)/t13-,15-/m0/s1. The molecule has 0 saturated heterocycles. The molecule has 1 aromatic rings. The summed E-state index contributed by atoms with van der Waals surface area (Å²) in [4.78, 5) is 28.6. The zero-order valence-electron chi connectivity index (χ0n) is 17.2. The number of alkyl halides is 3. The quantitative estimate of drug-likeness (QED) is 0.138. The van der Waals surface area contributed by atoms with Crippen LogP contribution >= 0.6 is 23.2 Å². The Morgan fingerprint density at radius 3 is 2.64 bits per heavy atom. The fourth-order valence-electron chi connectivity index (χ4n) is 2.99. The number of nitrogens with zero attached hydrogens (tertiary/aromatic N) is 1. The van der Waals surface area contributed by atoms with Gasteiger partial charge in [0.2, 0.25) is 12.1 Å². The van der Waals surface area contributed by atoms with Gasteiger partial charge in [0.15, 0.2) is 0 Å².